The molecule has 0 fully saturated rings. The molecule has 0 spiro atoms. The van der Waals surface area contributed by atoms with Crippen LogP contribution in [0.4, 0.5) is 0 Å². The summed E-state index contributed by atoms with van der Waals surface area (Å²) in [6, 6.07) is 8.24. The Kier molecular flexibility index (Phi) is 3.52. The first-order chi connectivity index (χ1) is 7.86. The Morgan fingerprint density at radius 2 is 2.06 bits per heavy atom. The second kappa shape index (κ2) is 5.08. The van der Waals surface area contributed by atoms with Crippen molar-refractivity contribution in [2.75, 3.05) is 0 Å². The Bertz CT molecular complexity index is 479. The van der Waals surface area contributed by atoms with E-state index in [1.54, 1.807) is 0 Å². The Labute approximate surface area is 96.0 Å². The molecule has 1 aromatic heterocycles. The van der Waals surface area contributed by atoms with Crippen LogP contribution in [0.15, 0.2) is 30.5 Å². The molecule has 84 valence electrons. The summed E-state index contributed by atoms with van der Waals surface area (Å²) in [5, 5.41) is 11.7. The lowest BCUT2D eigenvalue weighted by molar-refractivity contribution is 0.275. The van der Waals surface area contributed by atoms with Crippen molar-refractivity contribution < 1.29 is 5.11 Å². The van der Waals surface area contributed by atoms with Crippen molar-refractivity contribution in [2.24, 2.45) is 0 Å². The van der Waals surface area contributed by atoms with Crippen molar-refractivity contribution in [3.63, 3.8) is 0 Å². The zero-order valence-electron chi connectivity index (χ0n) is 9.61. The van der Waals surface area contributed by atoms with E-state index in [-0.39, 0.29) is 6.61 Å². The number of aliphatic hydroxyl groups excluding tert-OH is 1. The van der Waals surface area contributed by atoms with Gasteiger partial charge in [-0.25, -0.2) is 0 Å². The van der Waals surface area contributed by atoms with Crippen LogP contribution in [0.5, 0.6) is 0 Å². The van der Waals surface area contributed by atoms with Crippen LogP contribution in [0.1, 0.15) is 31.0 Å². The summed E-state index contributed by atoms with van der Waals surface area (Å²) in [6.45, 7) is 2.21. The van der Waals surface area contributed by atoms with Gasteiger partial charge < -0.3 is 5.11 Å². The number of nitrogens with zero attached hydrogens (tertiary/aromatic N) is 1. The van der Waals surface area contributed by atoms with Gasteiger partial charge in [0.1, 0.15) is 0 Å². The molecule has 1 N–H and O–H groups in total. The molecule has 0 aliphatic heterocycles. The fraction of sp³-hybridized carbons (Fsp3) is 0.357. The number of unbranched alkanes of at least 4 members (excludes halogenated alkanes) is 1. The largest absolute Gasteiger partial charge is 0.390 e. The fourth-order valence-corrected chi connectivity index (χ4v) is 2.03. The average Bonchev–Trinajstić information content (AvgIpc) is 2.35. The Hall–Kier alpha value is -1.41. The highest BCUT2D eigenvalue weighted by Gasteiger charge is 2.07. The summed E-state index contributed by atoms with van der Waals surface area (Å²) in [6.07, 6.45) is 5.15. The second-order valence-electron chi connectivity index (χ2n) is 4.03. The van der Waals surface area contributed by atoms with E-state index >= 15 is 0 Å². The van der Waals surface area contributed by atoms with E-state index in [9.17, 15) is 5.11 Å². The van der Waals surface area contributed by atoms with Crippen molar-refractivity contribution in [2.45, 2.75) is 32.8 Å². The summed E-state index contributed by atoms with van der Waals surface area (Å²) < 4.78 is 0. The molecular weight excluding hydrogens is 198 g/mol. The summed E-state index contributed by atoms with van der Waals surface area (Å²) >= 11 is 0. The van der Waals surface area contributed by atoms with Crippen LogP contribution in [-0.2, 0) is 13.0 Å². The minimum absolute atomic E-state index is 0.0316. The van der Waals surface area contributed by atoms with Gasteiger partial charge >= 0.3 is 0 Å². The molecule has 0 aliphatic carbocycles. The maximum Gasteiger partial charge on any atom is 0.0856 e. The monoisotopic (exact) mass is 215 g/mol. The third-order valence-electron chi connectivity index (χ3n) is 2.92. The number of aryl methyl sites for hydroxylation is 1. The van der Waals surface area contributed by atoms with E-state index in [2.05, 4.69) is 24.0 Å². The quantitative estimate of drug-likeness (QED) is 0.850. The molecule has 0 bridgehead atoms. The minimum atomic E-state index is 0.0316. The first-order valence-corrected chi connectivity index (χ1v) is 5.83. The molecule has 1 heterocycles. The maximum atomic E-state index is 9.31. The van der Waals surface area contributed by atoms with Crippen molar-refractivity contribution >= 4 is 10.8 Å². The van der Waals surface area contributed by atoms with E-state index in [0.717, 1.165) is 30.3 Å². The summed E-state index contributed by atoms with van der Waals surface area (Å²) in [5.41, 5.74) is 2.04. The topological polar surface area (TPSA) is 33.1 Å². The highest BCUT2D eigenvalue weighted by atomic mass is 16.3. The molecule has 0 radical (unpaired) electrons. The number of hydrogen-bond donors (Lipinski definition) is 1. The molecule has 1 aromatic carbocycles. The Morgan fingerprint density at radius 1 is 1.25 bits per heavy atom. The molecule has 0 atom stereocenters. The van der Waals surface area contributed by atoms with Crippen LogP contribution < -0.4 is 0 Å². The zero-order chi connectivity index (χ0) is 11.4. The summed E-state index contributed by atoms with van der Waals surface area (Å²) in [7, 11) is 0. The molecular formula is C14H17NO. The lowest BCUT2D eigenvalue weighted by Crippen LogP contribution is -1.99. The molecule has 2 nitrogen and oxygen atoms in total. The molecule has 0 saturated carbocycles. The highest BCUT2D eigenvalue weighted by Crippen LogP contribution is 2.22. The predicted octanol–water partition coefficient (Wildman–Crippen LogP) is 3.07. The molecule has 0 aliphatic rings. The summed E-state index contributed by atoms with van der Waals surface area (Å²) in [4.78, 5) is 4.33. The SMILES string of the molecule is CCCCc1c(CO)ncc2ccccc12. The number of aromatic nitrogens is 1. The molecule has 2 rings (SSSR count). The van der Waals surface area contributed by atoms with Gasteiger partial charge in [-0.1, -0.05) is 37.6 Å². The number of fused-ring (bicyclic) bond motifs is 1. The minimum Gasteiger partial charge on any atom is -0.390 e. The van der Waals surface area contributed by atoms with E-state index in [0.29, 0.717) is 0 Å². The van der Waals surface area contributed by atoms with Gasteiger partial charge in [-0.05, 0) is 23.8 Å². The van der Waals surface area contributed by atoms with Crippen molar-refractivity contribution in [1.82, 2.24) is 4.98 Å². The Balaban J connectivity index is 2.54. The van der Waals surface area contributed by atoms with Gasteiger partial charge in [-0.15, -0.1) is 0 Å². The average molecular weight is 215 g/mol. The van der Waals surface area contributed by atoms with Gasteiger partial charge in [0.2, 0.25) is 0 Å². The van der Waals surface area contributed by atoms with Gasteiger partial charge in [0.05, 0.1) is 12.3 Å². The first-order valence-electron chi connectivity index (χ1n) is 5.83. The molecule has 0 saturated heterocycles. The Morgan fingerprint density at radius 3 is 2.81 bits per heavy atom. The van der Waals surface area contributed by atoms with Gasteiger partial charge in [-0.2, -0.15) is 0 Å². The van der Waals surface area contributed by atoms with Gasteiger partial charge in [0.15, 0.2) is 0 Å². The molecule has 0 amide bonds. The van der Waals surface area contributed by atoms with E-state index in [1.165, 1.54) is 10.9 Å². The highest BCUT2D eigenvalue weighted by molar-refractivity contribution is 5.85. The second-order valence-corrected chi connectivity index (χ2v) is 4.03. The standard InChI is InChI=1S/C14H17NO/c1-2-3-7-13-12-8-5-4-6-11(12)9-15-14(13)10-16/h4-6,8-9,16H,2-3,7,10H2,1H3. The maximum absolute atomic E-state index is 9.31. The van der Waals surface area contributed by atoms with Crippen LogP contribution in [0.25, 0.3) is 10.8 Å². The van der Waals surface area contributed by atoms with Gasteiger partial charge in [-0.3, -0.25) is 4.98 Å². The van der Waals surface area contributed by atoms with E-state index in [4.69, 9.17) is 0 Å². The zero-order valence-corrected chi connectivity index (χ0v) is 9.61. The molecule has 2 heteroatoms. The third kappa shape index (κ3) is 2.07. The smallest absolute Gasteiger partial charge is 0.0856 e. The van der Waals surface area contributed by atoms with Crippen LogP contribution >= 0.6 is 0 Å². The number of benzene rings is 1. The molecule has 16 heavy (non-hydrogen) atoms. The van der Waals surface area contributed by atoms with Crippen LogP contribution in [0, 0.1) is 0 Å². The van der Waals surface area contributed by atoms with E-state index < -0.39 is 0 Å². The van der Waals surface area contributed by atoms with Crippen LogP contribution in [0.3, 0.4) is 0 Å². The van der Waals surface area contributed by atoms with E-state index in [1.807, 2.05) is 18.3 Å². The summed E-state index contributed by atoms with van der Waals surface area (Å²) in [5.74, 6) is 0. The van der Waals surface area contributed by atoms with Crippen molar-refractivity contribution in [1.29, 1.82) is 0 Å². The first kappa shape index (κ1) is 11.1. The number of rotatable bonds is 4. The fourth-order valence-electron chi connectivity index (χ4n) is 2.03. The number of pyridine rings is 1. The van der Waals surface area contributed by atoms with Crippen LogP contribution in [-0.4, -0.2) is 10.1 Å². The van der Waals surface area contributed by atoms with Gasteiger partial charge in [0, 0.05) is 11.6 Å². The van der Waals surface area contributed by atoms with Crippen LogP contribution in [0.2, 0.25) is 0 Å². The lowest BCUT2D eigenvalue weighted by Gasteiger charge is -2.10. The number of aliphatic hydroxyl groups is 1. The van der Waals surface area contributed by atoms with Crippen molar-refractivity contribution in [3.8, 4) is 0 Å². The normalized spacial score (nSPS) is 10.9. The van der Waals surface area contributed by atoms with Gasteiger partial charge in [0.25, 0.3) is 0 Å². The third-order valence-corrected chi connectivity index (χ3v) is 2.92. The molecule has 0 unspecified atom stereocenters. The molecule has 2 aromatic rings. The predicted molar refractivity (Wildman–Crippen MR) is 66.3 cm³/mol. The lowest BCUT2D eigenvalue weighted by atomic mass is 10.00. The van der Waals surface area contributed by atoms with Crippen molar-refractivity contribution in [3.05, 3.63) is 41.7 Å². The number of hydrogen-bond acceptors (Lipinski definition) is 2.